The molecule has 2 N–H and O–H groups in total. The fourth-order valence-corrected chi connectivity index (χ4v) is 1.97. The van der Waals surface area contributed by atoms with E-state index >= 15 is 0 Å². The highest BCUT2D eigenvalue weighted by Crippen LogP contribution is 2.11. The van der Waals surface area contributed by atoms with Crippen LogP contribution in [0.2, 0.25) is 0 Å². The minimum atomic E-state index is -0.324. The van der Waals surface area contributed by atoms with Gasteiger partial charge in [-0.2, -0.15) is 0 Å². The molecule has 0 radical (unpaired) electrons. The predicted molar refractivity (Wildman–Crippen MR) is 84.6 cm³/mol. The quantitative estimate of drug-likeness (QED) is 0.773. The number of hydrogen-bond acceptors (Lipinski definition) is 3. The third kappa shape index (κ3) is 5.18. The summed E-state index contributed by atoms with van der Waals surface area (Å²) in [6.45, 7) is 0.913. The van der Waals surface area contributed by atoms with Crippen molar-refractivity contribution in [3.63, 3.8) is 0 Å². The van der Waals surface area contributed by atoms with Crippen LogP contribution in [0.3, 0.4) is 0 Å². The SMILES string of the molecule is COc1ccc(CCNCC(=O)Nc2ccc(F)cc2)cc1. The van der Waals surface area contributed by atoms with Crippen LogP contribution in [0.5, 0.6) is 5.75 Å². The van der Waals surface area contributed by atoms with Gasteiger partial charge in [-0.15, -0.1) is 0 Å². The van der Waals surface area contributed by atoms with Gasteiger partial charge in [0, 0.05) is 5.69 Å². The second-order valence-corrected chi connectivity index (χ2v) is 4.83. The molecule has 0 spiro atoms. The fourth-order valence-electron chi connectivity index (χ4n) is 1.97. The molecule has 4 nitrogen and oxygen atoms in total. The number of amides is 1. The summed E-state index contributed by atoms with van der Waals surface area (Å²) >= 11 is 0. The lowest BCUT2D eigenvalue weighted by molar-refractivity contribution is -0.115. The van der Waals surface area contributed by atoms with Crippen molar-refractivity contribution in [1.82, 2.24) is 5.32 Å². The van der Waals surface area contributed by atoms with E-state index in [9.17, 15) is 9.18 Å². The third-order valence-electron chi connectivity index (χ3n) is 3.16. The molecule has 0 bridgehead atoms. The van der Waals surface area contributed by atoms with Gasteiger partial charge in [0.15, 0.2) is 0 Å². The van der Waals surface area contributed by atoms with Gasteiger partial charge >= 0.3 is 0 Å². The lowest BCUT2D eigenvalue weighted by Gasteiger charge is -2.07. The monoisotopic (exact) mass is 302 g/mol. The number of benzene rings is 2. The Bertz CT molecular complexity index is 597. The minimum Gasteiger partial charge on any atom is -0.497 e. The van der Waals surface area contributed by atoms with E-state index < -0.39 is 0 Å². The van der Waals surface area contributed by atoms with Crippen LogP contribution < -0.4 is 15.4 Å². The molecule has 0 unspecified atom stereocenters. The largest absolute Gasteiger partial charge is 0.497 e. The summed E-state index contributed by atoms with van der Waals surface area (Å²) in [6, 6.07) is 13.5. The predicted octanol–water partition coefficient (Wildman–Crippen LogP) is 2.61. The molecule has 116 valence electrons. The van der Waals surface area contributed by atoms with Crippen molar-refractivity contribution in [3.05, 3.63) is 59.9 Å². The van der Waals surface area contributed by atoms with E-state index in [-0.39, 0.29) is 18.3 Å². The highest BCUT2D eigenvalue weighted by molar-refractivity contribution is 5.92. The summed E-state index contributed by atoms with van der Waals surface area (Å²) in [7, 11) is 1.64. The zero-order valence-corrected chi connectivity index (χ0v) is 12.4. The number of methoxy groups -OCH3 is 1. The number of rotatable bonds is 7. The Balaban J connectivity index is 1.67. The van der Waals surface area contributed by atoms with Gasteiger partial charge in [-0.25, -0.2) is 4.39 Å². The van der Waals surface area contributed by atoms with Crippen molar-refractivity contribution in [2.24, 2.45) is 0 Å². The molecule has 0 heterocycles. The van der Waals surface area contributed by atoms with Crippen LogP contribution in [0.25, 0.3) is 0 Å². The molecule has 0 fully saturated rings. The van der Waals surface area contributed by atoms with Gasteiger partial charge in [-0.1, -0.05) is 12.1 Å². The summed E-state index contributed by atoms with van der Waals surface area (Å²) in [5, 5.41) is 5.77. The van der Waals surface area contributed by atoms with Crippen LogP contribution in [-0.2, 0) is 11.2 Å². The Morgan fingerprint density at radius 3 is 2.41 bits per heavy atom. The maximum Gasteiger partial charge on any atom is 0.238 e. The zero-order chi connectivity index (χ0) is 15.8. The lowest BCUT2D eigenvalue weighted by atomic mass is 10.1. The molecule has 5 heteroatoms. The van der Waals surface area contributed by atoms with E-state index in [1.54, 1.807) is 7.11 Å². The molecule has 2 aromatic carbocycles. The van der Waals surface area contributed by atoms with Gasteiger partial charge in [-0.3, -0.25) is 4.79 Å². The Hall–Kier alpha value is -2.40. The third-order valence-corrected chi connectivity index (χ3v) is 3.16. The summed E-state index contributed by atoms with van der Waals surface area (Å²) in [5.74, 6) is 0.354. The standard InChI is InChI=1S/C17H19FN2O2/c1-22-16-8-2-13(3-9-16)10-11-19-12-17(21)20-15-6-4-14(18)5-7-15/h2-9,19H,10-12H2,1H3,(H,20,21). The number of ether oxygens (including phenoxy) is 1. The summed E-state index contributed by atoms with van der Waals surface area (Å²) in [4.78, 5) is 11.7. The van der Waals surface area contributed by atoms with Crippen LogP contribution in [0.4, 0.5) is 10.1 Å². The van der Waals surface area contributed by atoms with Crippen molar-refractivity contribution in [3.8, 4) is 5.75 Å². The summed E-state index contributed by atoms with van der Waals surface area (Å²) in [6.07, 6.45) is 0.827. The Morgan fingerprint density at radius 1 is 1.09 bits per heavy atom. The van der Waals surface area contributed by atoms with E-state index in [1.165, 1.54) is 29.8 Å². The van der Waals surface area contributed by atoms with E-state index in [0.717, 1.165) is 12.2 Å². The first-order valence-electron chi connectivity index (χ1n) is 7.06. The number of carbonyl (C=O) groups is 1. The number of carbonyl (C=O) groups excluding carboxylic acids is 1. The van der Waals surface area contributed by atoms with E-state index in [4.69, 9.17) is 4.74 Å². The second kappa shape index (κ2) is 8.14. The van der Waals surface area contributed by atoms with E-state index in [0.29, 0.717) is 12.2 Å². The molecule has 2 rings (SSSR count). The molecule has 0 saturated carbocycles. The first kappa shape index (κ1) is 16.0. The van der Waals surface area contributed by atoms with Gasteiger partial charge in [0.25, 0.3) is 0 Å². The zero-order valence-electron chi connectivity index (χ0n) is 12.4. The van der Waals surface area contributed by atoms with Crippen LogP contribution in [0, 0.1) is 5.82 Å². The van der Waals surface area contributed by atoms with Crippen LogP contribution in [0.1, 0.15) is 5.56 Å². The van der Waals surface area contributed by atoms with Gasteiger partial charge in [0.1, 0.15) is 11.6 Å². The number of hydrogen-bond donors (Lipinski definition) is 2. The molecule has 0 aromatic heterocycles. The molecule has 22 heavy (non-hydrogen) atoms. The first-order valence-corrected chi connectivity index (χ1v) is 7.06. The molecular weight excluding hydrogens is 283 g/mol. The average Bonchev–Trinajstić information content (AvgIpc) is 2.54. The maximum absolute atomic E-state index is 12.7. The van der Waals surface area contributed by atoms with Crippen LogP contribution in [-0.4, -0.2) is 26.1 Å². The lowest BCUT2D eigenvalue weighted by Crippen LogP contribution is -2.29. The topological polar surface area (TPSA) is 50.4 Å². The summed E-state index contributed by atoms with van der Waals surface area (Å²) in [5.41, 5.74) is 1.76. The van der Waals surface area contributed by atoms with Crippen molar-refractivity contribution in [1.29, 1.82) is 0 Å². The second-order valence-electron chi connectivity index (χ2n) is 4.83. The molecule has 0 aliphatic heterocycles. The number of anilines is 1. The number of halogens is 1. The maximum atomic E-state index is 12.7. The molecule has 2 aromatic rings. The van der Waals surface area contributed by atoms with Crippen LogP contribution in [0.15, 0.2) is 48.5 Å². The van der Waals surface area contributed by atoms with Gasteiger partial charge in [0.05, 0.1) is 13.7 Å². The normalized spacial score (nSPS) is 10.3. The van der Waals surface area contributed by atoms with E-state index in [1.807, 2.05) is 24.3 Å². The Morgan fingerprint density at radius 2 is 1.77 bits per heavy atom. The van der Waals surface area contributed by atoms with Crippen molar-refractivity contribution in [2.75, 3.05) is 25.5 Å². The fraction of sp³-hybridized carbons (Fsp3) is 0.235. The first-order chi connectivity index (χ1) is 10.7. The molecule has 0 aliphatic carbocycles. The smallest absolute Gasteiger partial charge is 0.238 e. The van der Waals surface area contributed by atoms with Gasteiger partial charge in [-0.05, 0) is 54.9 Å². The highest BCUT2D eigenvalue weighted by Gasteiger charge is 2.02. The Kier molecular flexibility index (Phi) is 5.91. The summed E-state index contributed by atoms with van der Waals surface area (Å²) < 4.78 is 17.8. The molecule has 0 atom stereocenters. The van der Waals surface area contributed by atoms with Crippen molar-refractivity contribution in [2.45, 2.75) is 6.42 Å². The number of nitrogens with one attached hydrogen (secondary N) is 2. The van der Waals surface area contributed by atoms with Gasteiger partial charge in [0.2, 0.25) is 5.91 Å². The highest BCUT2D eigenvalue weighted by atomic mass is 19.1. The minimum absolute atomic E-state index is 0.152. The van der Waals surface area contributed by atoms with Crippen LogP contribution >= 0.6 is 0 Å². The molecule has 0 saturated heterocycles. The van der Waals surface area contributed by atoms with Crippen molar-refractivity contribution < 1.29 is 13.9 Å². The average molecular weight is 302 g/mol. The molecule has 1 amide bonds. The van der Waals surface area contributed by atoms with Crippen molar-refractivity contribution >= 4 is 11.6 Å². The molecular formula is C17H19FN2O2. The van der Waals surface area contributed by atoms with Gasteiger partial charge < -0.3 is 15.4 Å². The van der Waals surface area contributed by atoms with E-state index in [2.05, 4.69) is 10.6 Å². The Labute approximate surface area is 129 Å². The molecule has 0 aliphatic rings.